The van der Waals surface area contributed by atoms with Crippen LogP contribution in [0.3, 0.4) is 0 Å². The number of nitrogens with zero attached hydrogens (tertiary/aromatic N) is 6. The van der Waals surface area contributed by atoms with Crippen molar-refractivity contribution in [1.29, 1.82) is 0 Å². The summed E-state index contributed by atoms with van der Waals surface area (Å²) in [7, 11) is 0. The van der Waals surface area contributed by atoms with Crippen LogP contribution in [0.4, 0.5) is 5.69 Å². The first kappa shape index (κ1) is 18.4. The van der Waals surface area contributed by atoms with Crippen molar-refractivity contribution in [3.05, 3.63) is 65.0 Å². The smallest absolute Gasteiger partial charge is 0.263 e. The number of carbonyl (C=O) groups is 2. The van der Waals surface area contributed by atoms with Gasteiger partial charge in [-0.3, -0.25) is 14.6 Å². The van der Waals surface area contributed by atoms with E-state index in [4.69, 9.17) is 16.1 Å². The molecule has 1 fully saturated rings. The van der Waals surface area contributed by atoms with Crippen molar-refractivity contribution < 1.29 is 14.1 Å². The first-order chi connectivity index (χ1) is 14.5. The number of rotatable bonds is 4. The summed E-state index contributed by atoms with van der Waals surface area (Å²) in [6.07, 6.45) is 0. The zero-order valence-corrected chi connectivity index (χ0v) is 16.5. The van der Waals surface area contributed by atoms with Crippen LogP contribution in [0.25, 0.3) is 11.4 Å². The fraction of sp³-hybridized carbons (Fsp3) is 0.200. The van der Waals surface area contributed by atoms with Gasteiger partial charge in [-0.15, -0.1) is 0 Å². The third kappa shape index (κ3) is 2.94. The third-order valence-corrected chi connectivity index (χ3v) is 5.48. The van der Waals surface area contributed by atoms with E-state index in [-0.39, 0.29) is 12.4 Å². The lowest BCUT2D eigenvalue weighted by Crippen LogP contribution is -2.39. The van der Waals surface area contributed by atoms with E-state index >= 15 is 0 Å². The topological polar surface area (TPSA) is 104 Å². The van der Waals surface area contributed by atoms with Crippen LogP contribution in [0.15, 0.2) is 63.4 Å². The van der Waals surface area contributed by atoms with E-state index in [1.54, 1.807) is 18.2 Å². The highest BCUT2D eigenvalue weighted by atomic mass is 35.5. The van der Waals surface area contributed by atoms with E-state index in [9.17, 15) is 9.59 Å². The maximum absolute atomic E-state index is 13.1. The van der Waals surface area contributed by atoms with E-state index in [1.165, 1.54) is 5.01 Å². The number of hydrogen-bond acceptors (Lipinski definition) is 8. The Morgan fingerprint density at radius 3 is 2.67 bits per heavy atom. The number of halogens is 1. The van der Waals surface area contributed by atoms with Gasteiger partial charge in [-0.05, 0) is 24.6 Å². The molecule has 0 aliphatic carbocycles. The fourth-order valence-electron chi connectivity index (χ4n) is 3.49. The molecule has 9 nitrogen and oxygen atoms in total. The lowest BCUT2D eigenvalue weighted by atomic mass is 10.1. The fourth-order valence-corrected chi connectivity index (χ4v) is 3.67. The number of fused-ring (bicyclic) bond motifs is 1. The summed E-state index contributed by atoms with van der Waals surface area (Å²) >= 11 is 6.17. The molecule has 0 saturated carbocycles. The Morgan fingerprint density at radius 1 is 1.10 bits per heavy atom. The Kier molecular flexibility index (Phi) is 4.32. The molecule has 0 bridgehead atoms. The van der Waals surface area contributed by atoms with Crippen molar-refractivity contribution in [3.63, 3.8) is 0 Å². The van der Waals surface area contributed by atoms with Crippen LogP contribution in [-0.4, -0.2) is 39.0 Å². The van der Waals surface area contributed by atoms with Crippen LogP contribution in [0.2, 0.25) is 5.02 Å². The van der Waals surface area contributed by atoms with Gasteiger partial charge in [-0.1, -0.05) is 58.4 Å². The van der Waals surface area contributed by atoms with E-state index < -0.39 is 23.9 Å². The molecule has 1 aromatic heterocycles. The molecule has 1 saturated heterocycles. The Hall–Kier alpha value is -3.59. The van der Waals surface area contributed by atoms with Crippen LogP contribution in [-0.2, 0) is 16.1 Å². The highest BCUT2D eigenvalue weighted by molar-refractivity contribution is 6.32. The molecule has 150 valence electrons. The molecule has 0 radical (unpaired) electrons. The highest BCUT2D eigenvalue weighted by Crippen LogP contribution is 2.34. The van der Waals surface area contributed by atoms with Crippen LogP contribution in [0, 0.1) is 6.92 Å². The lowest BCUT2D eigenvalue weighted by molar-refractivity contribution is -0.123. The molecule has 2 aliphatic heterocycles. The third-order valence-electron chi connectivity index (χ3n) is 5.07. The second-order valence-electron chi connectivity index (χ2n) is 7.02. The number of aromatic nitrogens is 2. The summed E-state index contributed by atoms with van der Waals surface area (Å²) in [5.74, 6) is -0.155. The average Bonchev–Trinajstić information content (AvgIpc) is 3.44. The highest BCUT2D eigenvalue weighted by Gasteiger charge is 2.55. The van der Waals surface area contributed by atoms with Gasteiger partial charge < -0.3 is 4.52 Å². The number of amides is 2. The average molecular weight is 423 g/mol. The quantitative estimate of drug-likeness (QED) is 0.598. The van der Waals surface area contributed by atoms with E-state index in [0.717, 1.165) is 16.0 Å². The van der Waals surface area contributed by atoms with Crippen molar-refractivity contribution >= 4 is 29.1 Å². The first-order valence-electron chi connectivity index (χ1n) is 9.22. The second-order valence-corrected chi connectivity index (χ2v) is 7.42. The lowest BCUT2D eigenvalue weighted by Gasteiger charge is -2.19. The van der Waals surface area contributed by atoms with Crippen molar-refractivity contribution in [3.8, 4) is 11.4 Å². The minimum atomic E-state index is -0.908. The molecule has 0 unspecified atom stereocenters. The zero-order chi connectivity index (χ0) is 20.8. The monoisotopic (exact) mass is 422 g/mol. The van der Waals surface area contributed by atoms with Gasteiger partial charge in [0.2, 0.25) is 11.7 Å². The molecule has 0 N–H and O–H groups in total. The molecule has 10 heteroatoms. The first-order valence-corrected chi connectivity index (χ1v) is 9.60. The predicted octanol–water partition coefficient (Wildman–Crippen LogP) is 3.19. The van der Waals surface area contributed by atoms with Gasteiger partial charge in [0.15, 0.2) is 12.1 Å². The Labute approximate surface area is 175 Å². The SMILES string of the molecule is Cc1ccc(N2C(=O)[C@H]3N=NN(Cc4nc(-c5ccccc5)no4)[C@@H]3C2=O)cc1Cl. The maximum Gasteiger partial charge on any atom is 0.263 e. The molecule has 2 aromatic carbocycles. The van der Waals surface area contributed by atoms with E-state index in [2.05, 4.69) is 20.5 Å². The molecule has 0 spiro atoms. The number of benzene rings is 2. The predicted molar refractivity (Wildman–Crippen MR) is 106 cm³/mol. The van der Waals surface area contributed by atoms with Crippen LogP contribution >= 0.6 is 11.6 Å². The zero-order valence-electron chi connectivity index (χ0n) is 15.8. The van der Waals surface area contributed by atoms with Gasteiger partial charge in [-0.25, -0.2) is 4.90 Å². The van der Waals surface area contributed by atoms with Crippen LogP contribution in [0.1, 0.15) is 11.5 Å². The minimum absolute atomic E-state index is 0.0615. The Morgan fingerprint density at radius 2 is 1.90 bits per heavy atom. The van der Waals surface area contributed by atoms with Gasteiger partial charge in [0.05, 0.1) is 5.69 Å². The van der Waals surface area contributed by atoms with Crippen molar-refractivity contribution in [2.45, 2.75) is 25.6 Å². The number of aryl methyl sites for hydroxylation is 1. The summed E-state index contributed by atoms with van der Waals surface area (Å²) in [6.45, 7) is 1.91. The summed E-state index contributed by atoms with van der Waals surface area (Å²) in [5, 5.41) is 13.8. The summed E-state index contributed by atoms with van der Waals surface area (Å²) < 4.78 is 5.30. The van der Waals surface area contributed by atoms with Gasteiger partial charge in [0.25, 0.3) is 11.8 Å². The standard InChI is InChI=1S/C20H15ClN6O3/c1-11-7-8-13(9-14(11)21)27-19(28)16-17(20(27)29)26(25-23-16)10-15-22-18(24-30-15)12-5-3-2-4-6-12/h2-9,16-17H,10H2,1H3/t16-,17-/m0/s1. The molecule has 30 heavy (non-hydrogen) atoms. The Bertz CT molecular complexity index is 1180. The summed E-state index contributed by atoms with van der Waals surface area (Å²) in [6, 6.07) is 12.6. The second kappa shape index (κ2) is 7.03. The molecule has 2 amide bonds. The van der Waals surface area contributed by atoms with E-state index in [1.807, 2.05) is 37.3 Å². The molecular formula is C20H15ClN6O3. The number of hydrogen-bond donors (Lipinski definition) is 0. The van der Waals surface area contributed by atoms with Crippen molar-refractivity contribution in [2.75, 3.05) is 4.90 Å². The Balaban J connectivity index is 1.38. The van der Waals surface area contributed by atoms with Crippen molar-refractivity contribution in [2.24, 2.45) is 10.3 Å². The maximum atomic E-state index is 13.1. The molecule has 2 atom stereocenters. The molecule has 2 aliphatic rings. The van der Waals surface area contributed by atoms with E-state index in [0.29, 0.717) is 16.5 Å². The summed E-state index contributed by atoms with van der Waals surface area (Å²) in [4.78, 5) is 31.3. The molecule has 5 rings (SSSR count). The van der Waals surface area contributed by atoms with Gasteiger partial charge in [0.1, 0.15) is 6.54 Å². The molecular weight excluding hydrogens is 408 g/mol. The van der Waals surface area contributed by atoms with Gasteiger partial charge >= 0.3 is 0 Å². The summed E-state index contributed by atoms with van der Waals surface area (Å²) in [5.41, 5.74) is 2.07. The van der Waals surface area contributed by atoms with Crippen LogP contribution in [0.5, 0.6) is 0 Å². The van der Waals surface area contributed by atoms with Crippen molar-refractivity contribution in [1.82, 2.24) is 15.1 Å². The minimum Gasteiger partial charge on any atom is -0.337 e. The molecule has 3 heterocycles. The molecule has 3 aromatic rings. The van der Waals surface area contributed by atoms with Gasteiger partial charge in [-0.2, -0.15) is 10.1 Å². The largest absolute Gasteiger partial charge is 0.337 e. The normalized spacial score (nSPS) is 20.3. The number of anilines is 1. The number of imide groups is 1. The number of carbonyl (C=O) groups excluding carboxylic acids is 2. The van der Waals surface area contributed by atoms with Gasteiger partial charge in [0, 0.05) is 10.6 Å². The van der Waals surface area contributed by atoms with Crippen LogP contribution < -0.4 is 4.90 Å².